The van der Waals surface area contributed by atoms with E-state index in [4.69, 9.17) is 0 Å². The van der Waals surface area contributed by atoms with Crippen LogP contribution in [-0.2, 0) is 4.79 Å². The summed E-state index contributed by atoms with van der Waals surface area (Å²) < 4.78 is 0. The van der Waals surface area contributed by atoms with Crippen LogP contribution in [0.3, 0.4) is 0 Å². The second-order valence-corrected chi connectivity index (χ2v) is 2.68. The number of amides is 1. The van der Waals surface area contributed by atoms with E-state index in [-0.39, 0.29) is 5.91 Å². The molecule has 1 amide bonds. The van der Waals surface area contributed by atoms with E-state index >= 15 is 0 Å². The maximum Gasteiger partial charge on any atom is 0.216 e. The lowest BCUT2D eigenvalue weighted by molar-refractivity contribution is -0.118. The number of nitrogens with zero attached hydrogens (tertiary/aromatic N) is 1. The summed E-state index contributed by atoms with van der Waals surface area (Å²) in [5, 5.41) is 2.76. The Labute approximate surface area is 61.4 Å². The minimum Gasteiger partial charge on any atom is -0.356 e. The number of nitrogens with one attached hydrogen (secondary N) is 1. The van der Waals surface area contributed by atoms with Crippen molar-refractivity contribution in [1.29, 1.82) is 0 Å². The summed E-state index contributed by atoms with van der Waals surface area (Å²) in [6.07, 6.45) is 1.08. The Balaban J connectivity index is 1.80. The van der Waals surface area contributed by atoms with Crippen LogP contribution in [0.15, 0.2) is 0 Å². The zero-order valence-corrected chi connectivity index (χ0v) is 6.39. The Morgan fingerprint density at radius 2 is 2.30 bits per heavy atom. The second kappa shape index (κ2) is 3.56. The predicted octanol–water partition coefficient (Wildman–Crippen LogP) is -0.172. The summed E-state index contributed by atoms with van der Waals surface area (Å²) in [5.41, 5.74) is 0. The van der Waals surface area contributed by atoms with Gasteiger partial charge in [-0.3, -0.25) is 4.79 Å². The van der Waals surface area contributed by atoms with E-state index in [0.29, 0.717) is 0 Å². The fraction of sp³-hybridized carbons (Fsp3) is 0.857. The normalized spacial score (nSPS) is 16.9. The molecule has 0 aromatic carbocycles. The van der Waals surface area contributed by atoms with E-state index in [1.54, 1.807) is 6.92 Å². The molecule has 1 aliphatic rings. The Bertz CT molecular complexity index is 121. The van der Waals surface area contributed by atoms with Gasteiger partial charge in [-0.15, -0.1) is 0 Å². The quantitative estimate of drug-likeness (QED) is 0.436. The first-order valence-corrected chi connectivity index (χ1v) is 3.76. The average Bonchev–Trinajstić information content (AvgIpc) is 2.62. The standard InChI is InChI=1S/C7H14N2O/c1-7(10)8-3-2-4-9-5-6-9/h2-6H2,1H3,(H,8,10). The fourth-order valence-corrected chi connectivity index (χ4v) is 0.861. The molecule has 0 aromatic rings. The largest absolute Gasteiger partial charge is 0.356 e. The lowest BCUT2D eigenvalue weighted by Gasteiger charge is -2.00. The fourth-order valence-electron chi connectivity index (χ4n) is 0.861. The smallest absolute Gasteiger partial charge is 0.216 e. The van der Waals surface area contributed by atoms with Crippen molar-refractivity contribution < 1.29 is 4.79 Å². The highest BCUT2D eigenvalue weighted by Gasteiger charge is 2.15. The first-order chi connectivity index (χ1) is 4.79. The second-order valence-electron chi connectivity index (χ2n) is 2.68. The first kappa shape index (κ1) is 7.54. The third-order valence-electron chi connectivity index (χ3n) is 1.56. The van der Waals surface area contributed by atoms with Crippen molar-refractivity contribution >= 4 is 5.91 Å². The predicted molar refractivity (Wildman–Crippen MR) is 39.7 cm³/mol. The van der Waals surface area contributed by atoms with Crippen LogP contribution in [-0.4, -0.2) is 37.0 Å². The molecule has 10 heavy (non-hydrogen) atoms. The maximum atomic E-state index is 10.4. The molecule has 0 bridgehead atoms. The van der Waals surface area contributed by atoms with Gasteiger partial charge in [-0.1, -0.05) is 0 Å². The number of rotatable bonds is 4. The first-order valence-electron chi connectivity index (χ1n) is 3.76. The van der Waals surface area contributed by atoms with Gasteiger partial charge >= 0.3 is 0 Å². The number of carbonyl (C=O) groups excluding carboxylic acids is 1. The van der Waals surface area contributed by atoms with Crippen LogP contribution >= 0.6 is 0 Å². The van der Waals surface area contributed by atoms with Gasteiger partial charge in [0.15, 0.2) is 0 Å². The molecule has 0 saturated carbocycles. The lowest BCUT2D eigenvalue weighted by atomic mass is 10.4. The van der Waals surface area contributed by atoms with Crippen LogP contribution in [0.1, 0.15) is 13.3 Å². The highest BCUT2D eigenvalue weighted by Crippen LogP contribution is 2.02. The van der Waals surface area contributed by atoms with Crippen molar-refractivity contribution in [3.8, 4) is 0 Å². The van der Waals surface area contributed by atoms with Crippen LogP contribution < -0.4 is 5.32 Å². The van der Waals surface area contributed by atoms with Gasteiger partial charge < -0.3 is 10.2 Å². The molecule has 0 unspecified atom stereocenters. The molecule has 1 heterocycles. The van der Waals surface area contributed by atoms with Crippen molar-refractivity contribution in [1.82, 2.24) is 10.2 Å². The van der Waals surface area contributed by atoms with Crippen molar-refractivity contribution in [2.24, 2.45) is 0 Å². The van der Waals surface area contributed by atoms with Crippen LogP contribution in [0.25, 0.3) is 0 Å². The molecule has 1 saturated heterocycles. The Kier molecular flexibility index (Phi) is 2.68. The van der Waals surface area contributed by atoms with Crippen molar-refractivity contribution in [2.45, 2.75) is 13.3 Å². The van der Waals surface area contributed by atoms with Gasteiger partial charge in [0.2, 0.25) is 5.91 Å². The van der Waals surface area contributed by atoms with E-state index < -0.39 is 0 Å². The van der Waals surface area contributed by atoms with Gasteiger partial charge in [0.05, 0.1) is 0 Å². The van der Waals surface area contributed by atoms with Crippen molar-refractivity contribution in [2.75, 3.05) is 26.2 Å². The molecule has 3 nitrogen and oxygen atoms in total. The monoisotopic (exact) mass is 142 g/mol. The van der Waals surface area contributed by atoms with Crippen LogP contribution in [0.4, 0.5) is 0 Å². The molecule has 3 heteroatoms. The topological polar surface area (TPSA) is 32.1 Å². The zero-order valence-electron chi connectivity index (χ0n) is 6.39. The summed E-state index contributed by atoms with van der Waals surface area (Å²) in [7, 11) is 0. The number of hydrogen-bond acceptors (Lipinski definition) is 2. The summed E-state index contributed by atoms with van der Waals surface area (Å²) in [6, 6.07) is 0. The van der Waals surface area contributed by atoms with Gasteiger partial charge in [0.1, 0.15) is 0 Å². The molecule has 0 aliphatic carbocycles. The van der Waals surface area contributed by atoms with Crippen LogP contribution in [0, 0.1) is 0 Å². The van der Waals surface area contributed by atoms with Gasteiger partial charge in [0.25, 0.3) is 0 Å². The maximum absolute atomic E-state index is 10.4. The van der Waals surface area contributed by atoms with Gasteiger partial charge in [0, 0.05) is 26.6 Å². The van der Waals surface area contributed by atoms with Crippen molar-refractivity contribution in [3.63, 3.8) is 0 Å². The van der Waals surface area contributed by atoms with Crippen molar-refractivity contribution in [3.05, 3.63) is 0 Å². The molecule has 1 aliphatic heterocycles. The molecular formula is C7H14N2O. The molecular weight excluding hydrogens is 128 g/mol. The van der Waals surface area contributed by atoms with E-state index in [1.165, 1.54) is 13.1 Å². The Morgan fingerprint density at radius 3 is 2.80 bits per heavy atom. The van der Waals surface area contributed by atoms with E-state index in [0.717, 1.165) is 19.5 Å². The third-order valence-corrected chi connectivity index (χ3v) is 1.56. The van der Waals surface area contributed by atoms with Crippen LogP contribution in [0.2, 0.25) is 0 Å². The highest BCUT2D eigenvalue weighted by atomic mass is 16.1. The summed E-state index contributed by atoms with van der Waals surface area (Å²) in [5.74, 6) is 0.0748. The van der Waals surface area contributed by atoms with Gasteiger partial charge in [-0.05, 0) is 13.0 Å². The summed E-state index contributed by atoms with van der Waals surface area (Å²) >= 11 is 0. The Hall–Kier alpha value is -0.570. The minimum absolute atomic E-state index is 0.0748. The molecule has 0 spiro atoms. The molecule has 1 N–H and O–H groups in total. The van der Waals surface area contributed by atoms with Gasteiger partial charge in [-0.25, -0.2) is 0 Å². The molecule has 58 valence electrons. The molecule has 0 aromatic heterocycles. The molecule has 1 fully saturated rings. The van der Waals surface area contributed by atoms with E-state index in [2.05, 4.69) is 10.2 Å². The summed E-state index contributed by atoms with van der Waals surface area (Å²) in [6.45, 7) is 6.02. The molecule has 1 rings (SSSR count). The van der Waals surface area contributed by atoms with E-state index in [1.807, 2.05) is 0 Å². The molecule has 0 atom stereocenters. The average molecular weight is 142 g/mol. The number of hydrogen-bond donors (Lipinski definition) is 1. The lowest BCUT2D eigenvalue weighted by Crippen LogP contribution is -2.22. The Morgan fingerprint density at radius 1 is 1.60 bits per heavy atom. The van der Waals surface area contributed by atoms with E-state index in [9.17, 15) is 4.79 Å². The third kappa shape index (κ3) is 3.45. The molecule has 0 radical (unpaired) electrons. The zero-order chi connectivity index (χ0) is 7.40. The SMILES string of the molecule is CC(=O)NCCCN1CC1. The van der Waals surface area contributed by atoms with Gasteiger partial charge in [-0.2, -0.15) is 0 Å². The summed E-state index contributed by atoms with van der Waals surface area (Å²) in [4.78, 5) is 12.7. The number of carbonyl (C=O) groups is 1. The highest BCUT2D eigenvalue weighted by molar-refractivity contribution is 5.72. The minimum atomic E-state index is 0.0748. The van der Waals surface area contributed by atoms with Crippen LogP contribution in [0.5, 0.6) is 0 Å².